The Morgan fingerprint density at radius 2 is 0.496 bits per heavy atom. The summed E-state index contributed by atoms with van der Waals surface area (Å²) in [6, 6.07) is 115. The van der Waals surface area contributed by atoms with Gasteiger partial charge in [-0.15, -0.1) is 0 Å². The Labute approximate surface area is 799 Å². The largest absolute Gasteiger partial charge is 0.311 e. The highest BCUT2D eigenvalue weighted by Crippen LogP contribution is 2.56. The van der Waals surface area contributed by atoms with E-state index < -0.39 is 0 Å². The highest BCUT2D eigenvalue weighted by Gasteiger charge is 2.47. The Balaban J connectivity index is 0.971. The molecule has 21 rings (SSSR count). The highest BCUT2D eigenvalue weighted by atomic mass is 15.2. The van der Waals surface area contributed by atoms with Gasteiger partial charge in [-0.25, -0.2) is 0 Å². The molecule has 0 saturated heterocycles. The minimum absolute atomic E-state index is 0.106. The maximum atomic E-state index is 12.2. The lowest BCUT2D eigenvalue weighted by Crippen LogP contribution is -2.61. The van der Waals surface area contributed by atoms with Crippen LogP contribution in [0.4, 0.5) is 34.1 Å². The fourth-order valence-electron chi connectivity index (χ4n) is 21.7. The quantitative estimate of drug-likeness (QED) is 0.142. The molecule has 0 atom stereocenters. The van der Waals surface area contributed by atoms with Gasteiger partial charge in [0, 0.05) is 94.0 Å². The van der Waals surface area contributed by atoms with Crippen LogP contribution in [0.5, 0.6) is 0 Å². The molecule has 8 heteroatoms. The molecular formula is C127H128BN7. The van der Waals surface area contributed by atoms with Crippen molar-refractivity contribution in [1.82, 2.24) is 18.3 Å². The molecule has 2 aliphatic rings. The molecule has 0 aliphatic carbocycles. The Hall–Kier alpha value is -13.3. The average molecular weight is 1760 g/mol. The van der Waals surface area contributed by atoms with Crippen molar-refractivity contribution in [1.29, 1.82) is 5.26 Å². The van der Waals surface area contributed by atoms with Gasteiger partial charge >= 0.3 is 0 Å². The molecular weight excluding hydrogens is 1630 g/mol. The zero-order chi connectivity index (χ0) is 95.3. The van der Waals surface area contributed by atoms with Gasteiger partial charge in [-0.2, -0.15) is 5.26 Å². The zero-order valence-electron chi connectivity index (χ0n) is 84.3. The number of fused-ring (bicyclic) bond motifs is 16. The monoisotopic (exact) mass is 1760 g/mol. The van der Waals surface area contributed by atoms with Gasteiger partial charge in [0.2, 0.25) is 0 Å². The van der Waals surface area contributed by atoms with Crippen molar-refractivity contribution in [2.45, 2.75) is 236 Å². The second kappa shape index (κ2) is 30.3. The van der Waals surface area contributed by atoms with Gasteiger partial charge in [0.25, 0.3) is 6.71 Å². The summed E-state index contributed by atoms with van der Waals surface area (Å²) >= 11 is 0. The number of hydrogen-bond acceptors (Lipinski definition) is 3. The van der Waals surface area contributed by atoms with Gasteiger partial charge in [-0.05, 0) is 278 Å². The first-order valence-corrected chi connectivity index (χ1v) is 48.9. The lowest BCUT2D eigenvalue weighted by atomic mass is 9.33. The van der Waals surface area contributed by atoms with Crippen LogP contribution in [0.2, 0.25) is 0 Å². The third-order valence-electron chi connectivity index (χ3n) is 29.8. The van der Waals surface area contributed by atoms with E-state index >= 15 is 0 Å². The SMILES string of the molecule is CC(C)(C)c1cc(-c2ccccc2)c(N2c3cc(-n4c5ccc(C(C)(C)C)cc5c5cc(C(C)(C)C)ccc54)ccc3B3c4ccc(-n5c6ccc(C(C)(C)C)cc6c6cc(C(C)(C)C)ccc65)cc4N(c4ccc(C#N)c(-n5c6cc(C(C)(C)C)ccc6c6ccc(C(C)(C)C)cc65)c4)c4cc(-n5c6ccc(C(C)(C)C)cc6c6cc(C(C)(C)C)ccc65)cc2c43)c(-c2ccccc2)c1. The first-order valence-electron chi connectivity index (χ1n) is 48.9. The van der Waals surface area contributed by atoms with Crippen molar-refractivity contribution < 1.29 is 0 Å². The second-order valence-corrected chi connectivity index (χ2v) is 48.4. The Bertz CT molecular complexity index is 7880. The summed E-state index contributed by atoms with van der Waals surface area (Å²) in [5.41, 5.74) is 37.7. The summed E-state index contributed by atoms with van der Waals surface area (Å²) in [6.45, 7) is 62.7. The molecule has 7 nitrogen and oxygen atoms in total. The van der Waals surface area contributed by atoms with E-state index in [9.17, 15) is 5.26 Å². The van der Waals surface area contributed by atoms with Crippen LogP contribution >= 0.6 is 0 Å². The molecule has 0 spiro atoms. The number of rotatable bonds is 8. The van der Waals surface area contributed by atoms with E-state index in [0.717, 1.165) is 145 Å². The van der Waals surface area contributed by atoms with Gasteiger partial charge in [-0.1, -0.05) is 320 Å². The van der Waals surface area contributed by atoms with Crippen molar-refractivity contribution in [2.24, 2.45) is 0 Å². The van der Waals surface area contributed by atoms with Crippen molar-refractivity contribution in [2.75, 3.05) is 9.80 Å². The topological polar surface area (TPSA) is 50.0 Å². The minimum atomic E-state index is -0.383. The first kappa shape index (κ1) is 88.3. The maximum Gasteiger partial charge on any atom is 0.252 e. The van der Waals surface area contributed by atoms with Gasteiger partial charge in [0.05, 0.1) is 66.8 Å². The minimum Gasteiger partial charge on any atom is -0.311 e. The Morgan fingerprint density at radius 3 is 0.822 bits per heavy atom. The first-order chi connectivity index (χ1) is 63.6. The third-order valence-corrected chi connectivity index (χ3v) is 29.8. The molecule has 0 bridgehead atoms. The van der Waals surface area contributed by atoms with Gasteiger partial charge in [0.15, 0.2) is 0 Å². The average Bonchev–Trinajstić information content (AvgIpc) is 1.52. The molecule has 2 aliphatic heterocycles. The molecule has 15 aromatic carbocycles. The van der Waals surface area contributed by atoms with E-state index in [1.54, 1.807) is 0 Å². The summed E-state index contributed by atoms with van der Waals surface area (Å²) < 4.78 is 10.2. The molecule has 674 valence electrons. The molecule has 0 amide bonds. The fraction of sp³-hybridized carbons (Fsp3) is 0.283. The molecule has 0 fully saturated rings. The van der Waals surface area contributed by atoms with Crippen molar-refractivity contribution >= 4 is 144 Å². The summed E-state index contributed by atoms with van der Waals surface area (Å²) in [5.74, 6) is 0. The van der Waals surface area contributed by atoms with E-state index in [2.05, 4.69) is 506 Å². The normalized spacial score (nSPS) is 13.7. The van der Waals surface area contributed by atoms with Crippen LogP contribution in [0, 0.1) is 11.3 Å². The smallest absolute Gasteiger partial charge is 0.252 e. The molecule has 4 aromatic heterocycles. The Morgan fingerprint density at radius 1 is 0.215 bits per heavy atom. The third kappa shape index (κ3) is 14.6. The standard InChI is InChI=1S/C127H128BN7/c1-119(2,3)79-41-54-104-96(60-79)97-61-80(120(4,5)6)42-55-105(97)130(104)89-48-52-102-113(71-89)132(88-47-38-78(75-129)110(70-88)134-111-68-85(125(19,20)21)39-50-92(111)93-51-40-86(69-112(93)134)126(22,23)24)115-73-91(133-108-58-45-83(123(13,14)15)64-100(108)101-65-84(124(16,17)18)46-59-109(101)133)74-116-117(115)128(102)103-53-49-90(131-106-56-43-81(121(7,8)9)62-98(106)99-63-82(122(10,11)12)44-57-107(99)131)72-114(103)135(116)118-94(76-34-30-28-31-35-76)66-87(127(25,26)27)67-95(118)77-36-32-29-33-37-77/h28-74H,1-27H3. The number of anilines is 6. The number of nitrogens with zero attached hydrogens (tertiary/aromatic N) is 7. The van der Waals surface area contributed by atoms with Crippen LogP contribution < -0.4 is 26.2 Å². The van der Waals surface area contributed by atoms with E-state index in [1.165, 1.54) is 87.9 Å². The number of benzene rings is 15. The number of aromatic nitrogens is 4. The highest BCUT2D eigenvalue weighted by molar-refractivity contribution is 7.00. The second-order valence-electron chi connectivity index (χ2n) is 48.4. The van der Waals surface area contributed by atoms with E-state index in [0.29, 0.717) is 5.56 Å². The van der Waals surface area contributed by atoms with Crippen LogP contribution in [0.3, 0.4) is 0 Å². The molecule has 0 saturated carbocycles. The van der Waals surface area contributed by atoms with Crippen LogP contribution in [-0.2, 0) is 48.7 Å². The summed E-state index contributed by atoms with van der Waals surface area (Å²) in [4.78, 5) is 5.38. The summed E-state index contributed by atoms with van der Waals surface area (Å²) in [5, 5.41) is 21.8. The predicted octanol–water partition coefficient (Wildman–Crippen LogP) is 33.0. The van der Waals surface area contributed by atoms with Crippen molar-refractivity contribution in [3.05, 3.63) is 341 Å². The van der Waals surface area contributed by atoms with Gasteiger partial charge in [-0.3, -0.25) is 0 Å². The van der Waals surface area contributed by atoms with Crippen LogP contribution in [0.15, 0.2) is 285 Å². The van der Waals surface area contributed by atoms with Gasteiger partial charge in [0.1, 0.15) is 6.07 Å². The predicted molar refractivity (Wildman–Crippen MR) is 582 cm³/mol. The van der Waals surface area contributed by atoms with Crippen molar-refractivity contribution in [3.8, 4) is 51.1 Å². The van der Waals surface area contributed by atoms with E-state index in [4.69, 9.17) is 0 Å². The fourth-order valence-corrected chi connectivity index (χ4v) is 21.7. The molecule has 135 heavy (non-hydrogen) atoms. The molecule has 19 aromatic rings. The lowest BCUT2D eigenvalue weighted by Gasteiger charge is -2.45. The number of nitriles is 1. The van der Waals surface area contributed by atoms with E-state index in [1.807, 2.05) is 0 Å². The molecule has 0 radical (unpaired) electrons. The van der Waals surface area contributed by atoms with Crippen LogP contribution in [0.1, 0.15) is 243 Å². The zero-order valence-corrected chi connectivity index (χ0v) is 84.3. The Kier molecular flexibility index (Phi) is 19.8. The van der Waals surface area contributed by atoms with Crippen LogP contribution in [-0.4, -0.2) is 25.0 Å². The summed E-state index contributed by atoms with van der Waals surface area (Å²) in [7, 11) is 0. The lowest BCUT2D eigenvalue weighted by molar-refractivity contribution is 0.590. The molecule has 0 N–H and O–H groups in total. The number of hydrogen-bond donors (Lipinski definition) is 0. The van der Waals surface area contributed by atoms with E-state index in [-0.39, 0.29) is 55.4 Å². The van der Waals surface area contributed by atoms with Crippen molar-refractivity contribution in [3.63, 3.8) is 0 Å². The molecule has 0 unspecified atom stereocenters. The van der Waals surface area contributed by atoms with Crippen LogP contribution in [0.25, 0.3) is 132 Å². The summed E-state index contributed by atoms with van der Waals surface area (Å²) in [6.07, 6.45) is 0. The maximum absolute atomic E-state index is 12.2. The molecule has 6 heterocycles. The van der Waals surface area contributed by atoms with Gasteiger partial charge < -0.3 is 28.1 Å².